The highest BCUT2D eigenvalue weighted by molar-refractivity contribution is 6.49. The van der Waals surface area contributed by atoms with Crippen LogP contribution in [0.2, 0.25) is 0 Å². The molecule has 8 nitrogen and oxygen atoms in total. The average molecular weight is 447 g/mol. The summed E-state index contributed by atoms with van der Waals surface area (Å²) >= 11 is 5.90. The largest absolute Gasteiger partial charge is 0.464 e. The number of nitrogens with zero attached hydrogens (tertiary/aromatic N) is 2. The van der Waals surface area contributed by atoms with E-state index in [1.165, 1.54) is 13.2 Å². The van der Waals surface area contributed by atoms with Crippen molar-refractivity contribution in [1.82, 2.24) is 15.0 Å². The zero-order valence-electron chi connectivity index (χ0n) is 16.9. The first-order valence-corrected chi connectivity index (χ1v) is 9.96. The number of carbonyl (C=O) groups excluding carboxylic acids is 3. The molecule has 0 amide bonds. The summed E-state index contributed by atoms with van der Waals surface area (Å²) in [5.74, 6) is -1.81. The second-order valence-electron chi connectivity index (χ2n) is 7.32. The number of nitrogens with two attached hydrogens (primary N) is 1. The number of allylic oxidation sites excluding steroid dienone is 2. The Balaban J connectivity index is 1.85. The van der Waals surface area contributed by atoms with Gasteiger partial charge in [0.1, 0.15) is 22.1 Å². The summed E-state index contributed by atoms with van der Waals surface area (Å²) in [5, 5.41) is 1.36. The maximum absolute atomic E-state index is 12.7. The van der Waals surface area contributed by atoms with Gasteiger partial charge in [0.2, 0.25) is 11.6 Å². The number of carbonyl (C=O) groups is 3. The minimum absolute atomic E-state index is 0.0612. The van der Waals surface area contributed by atoms with E-state index < -0.39 is 17.5 Å². The lowest BCUT2D eigenvalue weighted by atomic mass is 9.96. The molecule has 0 aliphatic heterocycles. The number of halogens is 1. The number of fused-ring (bicyclic) bond motifs is 4. The van der Waals surface area contributed by atoms with Gasteiger partial charge in [-0.2, -0.15) is 0 Å². The maximum atomic E-state index is 12.7. The van der Waals surface area contributed by atoms with Crippen molar-refractivity contribution in [3.63, 3.8) is 0 Å². The van der Waals surface area contributed by atoms with Gasteiger partial charge in [-0.25, -0.2) is 14.8 Å². The molecule has 158 valence electrons. The van der Waals surface area contributed by atoms with Gasteiger partial charge in [0, 0.05) is 16.3 Å². The fourth-order valence-electron chi connectivity index (χ4n) is 3.97. The molecule has 0 saturated carbocycles. The molecule has 3 aromatic heterocycles. The molecule has 1 aliphatic rings. The van der Waals surface area contributed by atoms with E-state index in [0.29, 0.717) is 16.8 Å². The quantitative estimate of drug-likeness (QED) is 0.449. The number of pyridine rings is 2. The summed E-state index contributed by atoms with van der Waals surface area (Å²) in [4.78, 5) is 49.8. The SMILES string of the molecule is COC(=O)c1nc(-c2ccc3c(n2)C(=O)C(N)=C(Cl)C3=O)c2[nH]c3ccccc3c2c1C. The molecular formula is C23H15ClN4O4. The van der Waals surface area contributed by atoms with Gasteiger partial charge in [0.25, 0.3) is 0 Å². The van der Waals surface area contributed by atoms with Crippen molar-refractivity contribution < 1.29 is 19.1 Å². The van der Waals surface area contributed by atoms with E-state index in [4.69, 9.17) is 22.1 Å². The Morgan fingerprint density at radius 3 is 2.56 bits per heavy atom. The fourth-order valence-corrected chi connectivity index (χ4v) is 4.16. The minimum atomic E-state index is -0.639. The second-order valence-corrected chi connectivity index (χ2v) is 7.70. The summed E-state index contributed by atoms with van der Waals surface area (Å²) in [6.07, 6.45) is 0. The third-order valence-corrected chi connectivity index (χ3v) is 5.93. The first-order valence-electron chi connectivity index (χ1n) is 9.58. The molecule has 0 unspecified atom stereocenters. The third kappa shape index (κ3) is 2.66. The first kappa shape index (κ1) is 19.9. The molecule has 1 aromatic carbocycles. The maximum Gasteiger partial charge on any atom is 0.356 e. The smallest absolute Gasteiger partial charge is 0.356 e. The van der Waals surface area contributed by atoms with Crippen molar-refractivity contribution in [3.05, 3.63) is 69.6 Å². The van der Waals surface area contributed by atoms with Crippen LogP contribution >= 0.6 is 11.6 Å². The summed E-state index contributed by atoms with van der Waals surface area (Å²) in [5.41, 5.74) is 8.20. The number of aromatic nitrogens is 3. The monoisotopic (exact) mass is 446 g/mol. The number of methoxy groups -OCH3 is 1. The Kier molecular flexibility index (Phi) is 4.35. The van der Waals surface area contributed by atoms with E-state index in [-0.39, 0.29) is 33.4 Å². The summed E-state index contributed by atoms with van der Waals surface area (Å²) in [6, 6.07) is 10.6. The second kappa shape index (κ2) is 7.00. The molecular weight excluding hydrogens is 432 g/mol. The van der Waals surface area contributed by atoms with Crippen molar-refractivity contribution in [3.8, 4) is 11.4 Å². The molecule has 0 fully saturated rings. The lowest BCUT2D eigenvalue weighted by Crippen LogP contribution is -2.26. The molecule has 4 aromatic rings. The molecule has 0 radical (unpaired) electrons. The lowest BCUT2D eigenvalue weighted by molar-refractivity contribution is 0.0593. The van der Waals surface area contributed by atoms with E-state index in [9.17, 15) is 14.4 Å². The number of H-pyrrole nitrogens is 1. The van der Waals surface area contributed by atoms with Crippen LogP contribution < -0.4 is 5.73 Å². The molecule has 0 saturated heterocycles. The van der Waals surface area contributed by atoms with Gasteiger partial charge in [0.15, 0.2) is 5.69 Å². The Morgan fingerprint density at radius 1 is 1.06 bits per heavy atom. The standard InChI is InChI=1S/C23H15ClN4O4/c1-9-14-10-5-3-4-6-12(10)26-20(14)19(28-17(9)23(31)32-2)13-8-7-11-18(27-13)22(30)16(25)15(24)21(11)29/h3-8,26H,25H2,1-2H3. The minimum Gasteiger partial charge on any atom is -0.464 e. The van der Waals surface area contributed by atoms with E-state index in [0.717, 1.165) is 16.3 Å². The van der Waals surface area contributed by atoms with Crippen molar-refractivity contribution in [2.75, 3.05) is 7.11 Å². The number of Topliss-reactive ketones (excluding diaryl/α,β-unsaturated/α-hetero) is 2. The van der Waals surface area contributed by atoms with E-state index in [2.05, 4.69) is 15.0 Å². The number of para-hydroxylation sites is 1. The zero-order valence-corrected chi connectivity index (χ0v) is 17.7. The predicted octanol–water partition coefficient (Wildman–Crippen LogP) is 3.66. The Hall–Kier alpha value is -4.04. The molecule has 3 heterocycles. The number of hydrogen-bond donors (Lipinski definition) is 2. The van der Waals surface area contributed by atoms with Crippen LogP contribution in [0.5, 0.6) is 0 Å². The first-order chi connectivity index (χ1) is 15.3. The van der Waals surface area contributed by atoms with Crippen molar-refractivity contribution in [2.45, 2.75) is 6.92 Å². The normalized spacial score (nSPS) is 13.7. The van der Waals surface area contributed by atoms with Gasteiger partial charge in [-0.1, -0.05) is 29.8 Å². The lowest BCUT2D eigenvalue weighted by Gasteiger charge is -2.15. The number of nitrogens with one attached hydrogen (secondary N) is 1. The van der Waals surface area contributed by atoms with Gasteiger partial charge in [-0.15, -0.1) is 0 Å². The summed E-state index contributed by atoms with van der Waals surface area (Å²) < 4.78 is 4.92. The van der Waals surface area contributed by atoms with Gasteiger partial charge in [0.05, 0.1) is 23.9 Å². The molecule has 3 N–H and O–H groups in total. The Bertz CT molecular complexity index is 1550. The van der Waals surface area contributed by atoms with Crippen LogP contribution in [0, 0.1) is 6.92 Å². The summed E-state index contributed by atoms with van der Waals surface area (Å²) in [6.45, 7) is 1.79. The van der Waals surface area contributed by atoms with Crippen LogP contribution in [0.25, 0.3) is 33.2 Å². The summed E-state index contributed by atoms with van der Waals surface area (Å²) in [7, 11) is 1.28. The number of rotatable bonds is 2. The van der Waals surface area contributed by atoms with Crippen LogP contribution in [0.15, 0.2) is 47.1 Å². The highest BCUT2D eigenvalue weighted by Gasteiger charge is 2.32. The number of aromatic amines is 1. The highest BCUT2D eigenvalue weighted by atomic mass is 35.5. The molecule has 0 spiro atoms. The zero-order chi connectivity index (χ0) is 22.7. The van der Waals surface area contributed by atoms with E-state index in [1.54, 1.807) is 13.0 Å². The average Bonchev–Trinajstić information content (AvgIpc) is 3.21. The highest BCUT2D eigenvalue weighted by Crippen LogP contribution is 2.36. The molecule has 32 heavy (non-hydrogen) atoms. The Morgan fingerprint density at radius 2 is 1.81 bits per heavy atom. The molecule has 0 bridgehead atoms. The molecule has 0 atom stereocenters. The predicted molar refractivity (Wildman–Crippen MR) is 119 cm³/mol. The number of ether oxygens (including phenoxy) is 1. The number of esters is 1. The van der Waals surface area contributed by atoms with Crippen molar-refractivity contribution in [1.29, 1.82) is 0 Å². The number of aryl methyl sites for hydroxylation is 1. The third-order valence-electron chi connectivity index (χ3n) is 5.55. The Labute approximate surface area is 186 Å². The van der Waals surface area contributed by atoms with E-state index >= 15 is 0 Å². The van der Waals surface area contributed by atoms with Gasteiger partial charge >= 0.3 is 5.97 Å². The van der Waals surface area contributed by atoms with E-state index in [1.807, 2.05) is 24.3 Å². The molecule has 5 rings (SSSR count). The number of benzene rings is 1. The van der Waals surface area contributed by atoms with Gasteiger partial charge < -0.3 is 15.5 Å². The molecule has 1 aliphatic carbocycles. The number of hydrogen-bond acceptors (Lipinski definition) is 7. The fraction of sp³-hybridized carbons (Fsp3) is 0.0870. The van der Waals surface area contributed by atoms with Crippen LogP contribution in [0.1, 0.15) is 36.9 Å². The van der Waals surface area contributed by atoms with Crippen LogP contribution in [-0.4, -0.2) is 39.6 Å². The topological polar surface area (TPSA) is 128 Å². The van der Waals surface area contributed by atoms with Crippen LogP contribution in [0.3, 0.4) is 0 Å². The van der Waals surface area contributed by atoms with Crippen LogP contribution in [-0.2, 0) is 4.74 Å². The van der Waals surface area contributed by atoms with Crippen molar-refractivity contribution in [2.24, 2.45) is 5.73 Å². The van der Waals surface area contributed by atoms with Gasteiger partial charge in [-0.05, 0) is 30.7 Å². The van der Waals surface area contributed by atoms with Crippen molar-refractivity contribution >= 4 is 50.9 Å². The van der Waals surface area contributed by atoms with Gasteiger partial charge in [-0.3, -0.25) is 9.59 Å². The number of ketones is 2. The van der Waals surface area contributed by atoms with Crippen LogP contribution in [0.4, 0.5) is 0 Å². The molecule has 9 heteroatoms.